The van der Waals surface area contributed by atoms with Crippen LogP contribution in [0.4, 0.5) is 4.79 Å². The predicted octanol–water partition coefficient (Wildman–Crippen LogP) is 2.03. The Morgan fingerprint density at radius 2 is 2.05 bits per heavy atom. The number of fused-ring (bicyclic) bond motifs is 4. The normalized spacial score (nSPS) is 30.2. The summed E-state index contributed by atoms with van der Waals surface area (Å²) in [6, 6.07) is 7.96. The summed E-state index contributed by atoms with van der Waals surface area (Å²) >= 11 is 0. The predicted molar refractivity (Wildman–Crippen MR) is 66.2 cm³/mol. The average Bonchev–Trinajstić information content (AvgIpc) is 3.21. The van der Waals surface area contributed by atoms with E-state index >= 15 is 0 Å². The molecule has 5 nitrogen and oxygen atoms in total. The number of carbonyl (C=O) groups is 1. The second-order valence-corrected chi connectivity index (χ2v) is 5.45. The third-order valence-electron chi connectivity index (χ3n) is 4.43. The molecule has 4 rings (SSSR count). The number of epoxide rings is 1. The summed E-state index contributed by atoms with van der Waals surface area (Å²) in [6.07, 6.45) is 0.794. The number of para-hydroxylation sites is 1. The number of benzene rings is 1. The van der Waals surface area contributed by atoms with Crippen molar-refractivity contribution >= 4 is 6.09 Å². The summed E-state index contributed by atoms with van der Waals surface area (Å²) in [5.74, 6) is 0.894. The molecular formula is C14H15NO4. The smallest absolute Gasteiger partial charge is 0.407 e. The van der Waals surface area contributed by atoms with E-state index < -0.39 is 6.09 Å². The first-order valence-corrected chi connectivity index (χ1v) is 6.61. The first-order valence-electron chi connectivity index (χ1n) is 6.61. The van der Waals surface area contributed by atoms with E-state index in [9.17, 15) is 4.79 Å². The Morgan fingerprint density at radius 3 is 2.79 bits per heavy atom. The second-order valence-electron chi connectivity index (χ2n) is 5.45. The van der Waals surface area contributed by atoms with E-state index in [2.05, 4.69) is 0 Å². The Labute approximate surface area is 110 Å². The highest BCUT2D eigenvalue weighted by Gasteiger charge is 2.61. The SMILES string of the molecule is O=C(O)N1CCC2(CC1)Oc1ccccc1C1OC12. The first kappa shape index (κ1) is 11.1. The standard InChI is InChI=1S/C14H15NO4/c16-13(17)15-7-5-14(6-8-15)12-11(18-12)9-3-1-2-4-10(9)19-14/h1-4,11-12H,5-8H2,(H,16,17). The summed E-state index contributed by atoms with van der Waals surface area (Å²) in [6.45, 7) is 1.04. The van der Waals surface area contributed by atoms with Gasteiger partial charge in [0.25, 0.3) is 0 Å². The van der Waals surface area contributed by atoms with Crippen LogP contribution in [0.25, 0.3) is 0 Å². The van der Waals surface area contributed by atoms with Crippen molar-refractivity contribution in [3.05, 3.63) is 29.8 Å². The number of likely N-dealkylation sites (tertiary alicyclic amines) is 1. The van der Waals surface area contributed by atoms with E-state index in [1.807, 2.05) is 24.3 Å². The number of hydrogen-bond donors (Lipinski definition) is 1. The van der Waals surface area contributed by atoms with Gasteiger partial charge in [-0.1, -0.05) is 18.2 Å². The summed E-state index contributed by atoms with van der Waals surface area (Å²) in [5.41, 5.74) is 0.795. The first-order chi connectivity index (χ1) is 9.20. The topological polar surface area (TPSA) is 62.3 Å². The van der Waals surface area contributed by atoms with E-state index in [-0.39, 0.29) is 17.8 Å². The molecule has 100 valence electrons. The zero-order valence-corrected chi connectivity index (χ0v) is 10.4. The second kappa shape index (κ2) is 3.63. The molecule has 0 saturated carbocycles. The van der Waals surface area contributed by atoms with Crippen LogP contribution in [-0.2, 0) is 4.74 Å². The van der Waals surface area contributed by atoms with Gasteiger partial charge in [-0.15, -0.1) is 0 Å². The van der Waals surface area contributed by atoms with Crippen LogP contribution in [0, 0.1) is 0 Å². The molecule has 1 aromatic carbocycles. The molecule has 0 aromatic heterocycles. The van der Waals surface area contributed by atoms with Crippen molar-refractivity contribution < 1.29 is 19.4 Å². The molecule has 1 aromatic rings. The van der Waals surface area contributed by atoms with Gasteiger partial charge < -0.3 is 19.5 Å². The number of hydrogen-bond acceptors (Lipinski definition) is 3. The van der Waals surface area contributed by atoms with Crippen LogP contribution >= 0.6 is 0 Å². The average molecular weight is 261 g/mol. The van der Waals surface area contributed by atoms with Gasteiger partial charge in [-0.25, -0.2) is 4.79 Å². The molecule has 5 heteroatoms. The summed E-state index contributed by atoms with van der Waals surface area (Å²) in [7, 11) is 0. The number of piperidine rings is 1. The zero-order valence-electron chi connectivity index (χ0n) is 10.4. The third kappa shape index (κ3) is 1.54. The van der Waals surface area contributed by atoms with Crippen molar-refractivity contribution in [3.8, 4) is 5.75 Å². The molecule has 0 radical (unpaired) electrons. The lowest BCUT2D eigenvalue weighted by molar-refractivity contribution is -0.0181. The highest BCUT2D eigenvalue weighted by atomic mass is 16.6. The molecule has 0 bridgehead atoms. The lowest BCUT2D eigenvalue weighted by atomic mass is 9.83. The van der Waals surface area contributed by atoms with Crippen molar-refractivity contribution in [2.75, 3.05) is 13.1 Å². The van der Waals surface area contributed by atoms with Gasteiger partial charge in [-0.05, 0) is 6.07 Å². The maximum absolute atomic E-state index is 11.0. The number of carboxylic acid groups (broad SMARTS) is 1. The fraction of sp³-hybridized carbons (Fsp3) is 0.500. The highest BCUT2D eigenvalue weighted by molar-refractivity contribution is 5.65. The largest absolute Gasteiger partial charge is 0.484 e. The van der Waals surface area contributed by atoms with Gasteiger partial charge in [-0.2, -0.15) is 0 Å². The minimum absolute atomic E-state index is 0.0957. The Kier molecular flexibility index (Phi) is 2.12. The van der Waals surface area contributed by atoms with Crippen LogP contribution in [-0.4, -0.2) is 40.9 Å². The molecule has 3 heterocycles. The van der Waals surface area contributed by atoms with Crippen LogP contribution in [0.15, 0.2) is 24.3 Å². The van der Waals surface area contributed by atoms with Crippen molar-refractivity contribution in [3.63, 3.8) is 0 Å². The summed E-state index contributed by atoms with van der Waals surface area (Å²) in [5, 5.41) is 9.01. The molecule has 3 aliphatic rings. The Balaban J connectivity index is 1.60. The lowest BCUT2D eigenvalue weighted by Crippen LogP contribution is -2.53. The van der Waals surface area contributed by atoms with Gasteiger partial charge in [0.05, 0.1) is 0 Å². The molecule has 1 N–H and O–H groups in total. The van der Waals surface area contributed by atoms with Gasteiger partial charge >= 0.3 is 6.09 Å². The molecule has 1 spiro atoms. The molecule has 1 amide bonds. The summed E-state index contributed by atoms with van der Waals surface area (Å²) in [4.78, 5) is 12.4. The quantitative estimate of drug-likeness (QED) is 0.726. The minimum atomic E-state index is -0.848. The van der Waals surface area contributed by atoms with Crippen LogP contribution in [0.1, 0.15) is 24.5 Å². The van der Waals surface area contributed by atoms with E-state index in [0.29, 0.717) is 25.9 Å². The summed E-state index contributed by atoms with van der Waals surface area (Å²) < 4.78 is 12.0. The van der Waals surface area contributed by atoms with Crippen LogP contribution in [0.5, 0.6) is 5.75 Å². The number of amides is 1. The van der Waals surface area contributed by atoms with Gasteiger partial charge in [0, 0.05) is 31.5 Å². The van der Waals surface area contributed by atoms with E-state index in [0.717, 1.165) is 11.3 Å². The van der Waals surface area contributed by atoms with E-state index in [1.54, 1.807) is 0 Å². The van der Waals surface area contributed by atoms with E-state index in [4.69, 9.17) is 14.6 Å². The van der Waals surface area contributed by atoms with Gasteiger partial charge in [0.15, 0.2) is 0 Å². The molecule has 2 fully saturated rings. The number of ether oxygens (including phenoxy) is 2. The Morgan fingerprint density at radius 1 is 1.32 bits per heavy atom. The zero-order chi connectivity index (χ0) is 13.0. The van der Waals surface area contributed by atoms with Gasteiger partial charge in [-0.3, -0.25) is 0 Å². The van der Waals surface area contributed by atoms with Crippen molar-refractivity contribution in [1.29, 1.82) is 0 Å². The molecule has 2 atom stereocenters. The molecule has 0 aliphatic carbocycles. The lowest BCUT2D eigenvalue weighted by Gasteiger charge is -2.42. The molecule has 19 heavy (non-hydrogen) atoms. The molecular weight excluding hydrogens is 246 g/mol. The maximum atomic E-state index is 11.0. The van der Waals surface area contributed by atoms with Crippen molar-refractivity contribution in [2.24, 2.45) is 0 Å². The fourth-order valence-corrected chi connectivity index (χ4v) is 3.30. The Hall–Kier alpha value is -1.75. The van der Waals surface area contributed by atoms with Crippen LogP contribution in [0.3, 0.4) is 0 Å². The Bertz CT molecular complexity index is 536. The third-order valence-corrected chi connectivity index (χ3v) is 4.43. The van der Waals surface area contributed by atoms with Crippen molar-refractivity contribution in [2.45, 2.75) is 30.7 Å². The fourth-order valence-electron chi connectivity index (χ4n) is 3.30. The van der Waals surface area contributed by atoms with Gasteiger partial charge in [0.1, 0.15) is 23.6 Å². The monoisotopic (exact) mass is 261 g/mol. The minimum Gasteiger partial charge on any atom is -0.484 e. The molecule has 2 saturated heterocycles. The van der Waals surface area contributed by atoms with Crippen LogP contribution < -0.4 is 4.74 Å². The van der Waals surface area contributed by atoms with Crippen molar-refractivity contribution in [1.82, 2.24) is 4.90 Å². The van der Waals surface area contributed by atoms with E-state index in [1.165, 1.54) is 4.90 Å². The molecule has 3 aliphatic heterocycles. The van der Waals surface area contributed by atoms with Gasteiger partial charge in [0.2, 0.25) is 0 Å². The number of nitrogens with zero attached hydrogens (tertiary/aromatic N) is 1. The maximum Gasteiger partial charge on any atom is 0.407 e. The highest BCUT2D eigenvalue weighted by Crippen LogP contribution is 2.56. The van der Waals surface area contributed by atoms with Crippen LogP contribution in [0.2, 0.25) is 0 Å². The molecule has 2 unspecified atom stereocenters. The number of rotatable bonds is 0.